The second-order valence-electron chi connectivity index (χ2n) is 4.10. The Labute approximate surface area is 124 Å². The maximum atomic E-state index is 11.8. The fourth-order valence-electron chi connectivity index (χ4n) is 1.76. The van der Waals surface area contributed by atoms with E-state index in [1.54, 1.807) is 30.6 Å². The SMILES string of the molecule is O=C1OC(c2cccnc2)=N/C1=C\c1ccccc1Br. The second-order valence-corrected chi connectivity index (χ2v) is 4.95. The molecule has 0 bridgehead atoms. The minimum Gasteiger partial charge on any atom is -0.402 e. The number of pyridine rings is 1. The zero-order valence-electron chi connectivity index (χ0n) is 10.3. The number of cyclic esters (lactones) is 1. The smallest absolute Gasteiger partial charge is 0.363 e. The molecular formula is C15H9BrN2O2. The Morgan fingerprint density at radius 2 is 2.00 bits per heavy atom. The zero-order valence-corrected chi connectivity index (χ0v) is 11.9. The number of ether oxygens (including phenoxy) is 1. The lowest BCUT2D eigenvalue weighted by atomic mass is 10.2. The maximum absolute atomic E-state index is 11.8. The molecule has 1 aromatic heterocycles. The highest BCUT2D eigenvalue weighted by Gasteiger charge is 2.24. The molecule has 0 amide bonds. The quantitative estimate of drug-likeness (QED) is 0.628. The zero-order chi connectivity index (χ0) is 13.9. The molecule has 1 aliphatic rings. The number of carbonyl (C=O) groups excluding carboxylic acids is 1. The third kappa shape index (κ3) is 2.53. The summed E-state index contributed by atoms with van der Waals surface area (Å²) in [6, 6.07) is 11.1. The van der Waals surface area contributed by atoms with E-state index in [1.165, 1.54) is 0 Å². The molecule has 0 aliphatic carbocycles. The van der Waals surface area contributed by atoms with Crippen molar-refractivity contribution in [2.75, 3.05) is 0 Å². The predicted octanol–water partition coefficient (Wildman–Crippen LogP) is 3.19. The van der Waals surface area contributed by atoms with E-state index in [-0.39, 0.29) is 11.6 Å². The van der Waals surface area contributed by atoms with Crippen LogP contribution in [0.2, 0.25) is 0 Å². The van der Waals surface area contributed by atoms with E-state index in [4.69, 9.17) is 4.74 Å². The number of esters is 1. The summed E-state index contributed by atoms with van der Waals surface area (Å²) in [5.74, 6) is -0.180. The second kappa shape index (κ2) is 5.38. The van der Waals surface area contributed by atoms with Gasteiger partial charge >= 0.3 is 5.97 Å². The van der Waals surface area contributed by atoms with Gasteiger partial charge in [0.1, 0.15) is 0 Å². The number of halogens is 1. The van der Waals surface area contributed by atoms with Gasteiger partial charge in [-0.05, 0) is 29.8 Å². The van der Waals surface area contributed by atoms with Gasteiger partial charge in [0.05, 0.1) is 5.56 Å². The van der Waals surface area contributed by atoms with Crippen LogP contribution in [0.3, 0.4) is 0 Å². The van der Waals surface area contributed by atoms with Crippen LogP contribution in [0.5, 0.6) is 0 Å². The number of hydrogen-bond donors (Lipinski definition) is 0. The summed E-state index contributed by atoms with van der Waals surface area (Å²) in [6.07, 6.45) is 4.95. The Kier molecular flexibility index (Phi) is 3.43. The maximum Gasteiger partial charge on any atom is 0.363 e. The average molecular weight is 329 g/mol. The summed E-state index contributed by atoms with van der Waals surface area (Å²) in [4.78, 5) is 20.0. The number of hydrogen-bond acceptors (Lipinski definition) is 4. The van der Waals surface area contributed by atoms with Gasteiger partial charge in [-0.3, -0.25) is 4.98 Å². The van der Waals surface area contributed by atoms with Crippen LogP contribution >= 0.6 is 15.9 Å². The van der Waals surface area contributed by atoms with Crippen molar-refractivity contribution < 1.29 is 9.53 Å². The molecular weight excluding hydrogens is 320 g/mol. The summed E-state index contributed by atoms with van der Waals surface area (Å²) in [6.45, 7) is 0. The first-order chi connectivity index (χ1) is 9.74. The predicted molar refractivity (Wildman–Crippen MR) is 79.0 cm³/mol. The van der Waals surface area contributed by atoms with Crippen molar-refractivity contribution in [1.82, 2.24) is 4.98 Å². The molecule has 1 aromatic carbocycles. The molecule has 3 rings (SSSR count). The molecule has 0 fully saturated rings. The van der Waals surface area contributed by atoms with Crippen molar-refractivity contribution in [3.05, 3.63) is 70.1 Å². The van der Waals surface area contributed by atoms with Crippen molar-refractivity contribution in [2.45, 2.75) is 0 Å². The third-order valence-electron chi connectivity index (χ3n) is 2.73. The van der Waals surface area contributed by atoms with Crippen LogP contribution in [-0.2, 0) is 9.53 Å². The van der Waals surface area contributed by atoms with E-state index in [2.05, 4.69) is 25.9 Å². The van der Waals surface area contributed by atoms with Crippen molar-refractivity contribution >= 4 is 33.9 Å². The third-order valence-corrected chi connectivity index (χ3v) is 3.45. The summed E-state index contributed by atoms with van der Waals surface area (Å²) in [5.41, 5.74) is 1.82. The lowest BCUT2D eigenvalue weighted by Crippen LogP contribution is -2.05. The summed E-state index contributed by atoms with van der Waals surface area (Å²) < 4.78 is 6.05. The Balaban J connectivity index is 1.97. The molecule has 98 valence electrons. The van der Waals surface area contributed by atoms with E-state index >= 15 is 0 Å². The van der Waals surface area contributed by atoms with Gasteiger partial charge in [-0.25, -0.2) is 9.79 Å². The van der Waals surface area contributed by atoms with Gasteiger partial charge in [-0.1, -0.05) is 34.1 Å². The monoisotopic (exact) mass is 328 g/mol. The van der Waals surface area contributed by atoms with Crippen LogP contribution in [0, 0.1) is 0 Å². The summed E-state index contributed by atoms with van der Waals surface area (Å²) in [5, 5.41) is 0. The standard InChI is InChI=1S/C15H9BrN2O2/c16-12-6-2-1-4-10(12)8-13-15(19)20-14(18-13)11-5-3-7-17-9-11/h1-9H/b13-8-. The summed E-state index contributed by atoms with van der Waals surface area (Å²) >= 11 is 3.43. The fraction of sp³-hybridized carbons (Fsp3) is 0. The highest BCUT2D eigenvalue weighted by molar-refractivity contribution is 9.10. The van der Waals surface area contributed by atoms with Gasteiger partial charge in [-0.2, -0.15) is 0 Å². The number of benzene rings is 1. The van der Waals surface area contributed by atoms with Crippen molar-refractivity contribution in [1.29, 1.82) is 0 Å². The Bertz CT molecular complexity index is 724. The molecule has 2 aromatic rings. The van der Waals surface area contributed by atoms with Crippen molar-refractivity contribution in [2.24, 2.45) is 4.99 Å². The summed E-state index contributed by atoms with van der Waals surface area (Å²) in [7, 11) is 0. The largest absolute Gasteiger partial charge is 0.402 e. The van der Waals surface area contributed by atoms with Crippen LogP contribution < -0.4 is 0 Å². The van der Waals surface area contributed by atoms with Gasteiger partial charge in [0, 0.05) is 16.9 Å². The van der Waals surface area contributed by atoms with Crippen molar-refractivity contribution in [3.8, 4) is 0 Å². The number of aromatic nitrogens is 1. The molecule has 1 aliphatic heterocycles. The van der Waals surface area contributed by atoms with Gasteiger partial charge in [-0.15, -0.1) is 0 Å². The van der Waals surface area contributed by atoms with Crippen LogP contribution in [0.1, 0.15) is 11.1 Å². The van der Waals surface area contributed by atoms with Crippen LogP contribution in [0.4, 0.5) is 0 Å². The highest BCUT2D eigenvalue weighted by Crippen LogP contribution is 2.23. The van der Waals surface area contributed by atoms with E-state index in [9.17, 15) is 4.79 Å². The first kappa shape index (κ1) is 12.7. The number of rotatable bonds is 2. The van der Waals surface area contributed by atoms with E-state index < -0.39 is 5.97 Å². The molecule has 0 radical (unpaired) electrons. The van der Waals surface area contributed by atoms with Crippen LogP contribution in [0.15, 0.2) is 64.0 Å². The number of carbonyl (C=O) groups is 1. The van der Waals surface area contributed by atoms with Crippen molar-refractivity contribution in [3.63, 3.8) is 0 Å². The van der Waals surface area contributed by atoms with Gasteiger partial charge in [0.2, 0.25) is 5.90 Å². The van der Waals surface area contributed by atoms with E-state index in [0.717, 1.165) is 10.0 Å². The minimum absolute atomic E-state index is 0.274. The normalized spacial score (nSPS) is 16.1. The van der Waals surface area contributed by atoms with Gasteiger partial charge in [0.15, 0.2) is 5.70 Å². The minimum atomic E-state index is -0.459. The molecule has 4 nitrogen and oxygen atoms in total. The fourth-order valence-corrected chi connectivity index (χ4v) is 2.16. The van der Waals surface area contributed by atoms with E-state index in [0.29, 0.717) is 5.56 Å². The first-order valence-electron chi connectivity index (χ1n) is 5.91. The molecule has 5 heteroatoms. The number of aliphatic imine (C=N–C) groups is 1. The van der Waals surface area contributed by atoms with Gasteiger partial charge in [0.25, 0.3) is 0 Å². The number of nitrogens with zero attached hydrogens (tertiary/aromatic N) is 2. The molecule has 0 unspecified atom stereocenters. The molecule has 2 heterocycles. The molecule has 0 spiro atoms. The van der Waals surface area contributed by atoms with Crippen LogP contribution in [0.25, 0.3) is 6.08 Å². The van der Waals surface area contributed by atoms with Crippen LogP contribution in [-0.4, -0.2) is 16.9 Å². The molecule has 0 saturated carbocycles. The molecule has 0 saturated heterocycles. The van der Waals surface area contributed by atoms with E-state index in [1.807, 2.05) is 24.3 Å². The topological polar surface area (TPSA) is 51.5 Å². The van der Waals surface area contributed by atoms with Gasteiger partial charge < -0.3 is 4.74 Å². The Morgan fingerprint density at radius 3 is 2.75 bits per heavy atom. The average Bonchev–Trinajstić information content (AvgIpc) is 2.84. The lowest BCUT2D eigenvalue weighted by molar-refractivity contribution is -0.129. The molecule has 20 heavy (non-hydrogen) atoms. The highest BCUT2D eigenvalue weighted by atomic mass is 79.9. The Morgan fingerprint density at radius 1 is 1.15 bits per heavy atom. The first-order valence-corrected chi connectivity index (χ1v) is 6.71. The molecule has 0 atom stereocenters. The molecule has 0 N–H and O–H groups in total. The lowest BCUT2D eigenvalue weighted by Gasteiger charge is -1.97. The Hall–Kier alpha value is -2.27.